The highest BCUT2D eigenvalue weighted by atomic mass is 14.9. The minimum atomic E-state index is 0.648. The topological polar surface area (TPSA) is 12.0 Å². The third kappa shape index (κ3) is 0.857. The molecule has 0 aromatic carbocycles. The molecule has 0 amide bonds. The van der Waals surface area contributed by atoms with Gasteiger partial charge < -0.3 is 5.32 Å². The molecule has 1 aliphatic heterocycles. The van der Waals surface area contributed by atoms with E-state index in [9.17, 15) is 0 Å². The van der Waals surface area contributed by atoms with Gasteiger partial charge in [0, 0.05) is 11.7 Å². The molecule has 1 heteroatoms. The lowest BCUT2D eigenvalue weighted by molar-refractivity contribution is 0.549. The predicted octanol–water partition coefficient (Wildman–Crippen LogP) is 1.52. The van der Waals surface area contributed by atoms with Crippen LogP contribution in [0.25, 0.3) is 0 Å². The summed E-state index contributed by atoms with van der Waals surface area (Å²) in [5.41, 5.74) is 1.32. The zero-order valence-electron chi connectivity index (χ0n) is 5.73. The molecule has 1 N–H and O–H groups in total. The molecule has 1 aliphatic rings. The molecule has 0 aliphatic carbocycles. The standard InChI is InChI=1S/C7H13N/c1-5-4-6(2)8-7(5)3/h4-5,7-8H,1-3H3. The minimum absolute atomic E-state index is 0.648. The van der Waals surface area contributed by atoms with E-state index < -0.39 is 0 Å². The first-order valence-corrected chi connectivity index (χ1v) is 3.15. The van der Waals surface area contributed by atoms with Crippen LogP contribution >= 0.6 is 0 Å². The molecule has 0 aromatic heterocycles. The zero-order valence-corrected chi connectivity index (χ0v) is 5.73. The fourth-order valence-corrected chi connectivity index (χ4v) is 1.08. The summed E-state index contributed by atoms with van der Waals surface area (Å²) >= 11 is 0. The molecule has 0 saturated carbocycles. The molecule has 1 nitrogen and oxygen atoms in total. The van der Waals surface area contributed by atoms with E-state index in [1.807, 2.05) is 0 Å². The molecule has 0 saturated heterocycles. The van der Waals surface area contributed by atoms with Gasteiger partial charge in [-0.15, -0.1) is 0 Å². The van der Waals surface area contributed by atoms with E-state index in [4.69, 9.17) is 0 Å². The van der Waals surface area contributed by atoms with Gasteiger partial charge in [-0.2, -0.15) is 0 Å². The molecule has 8 heavy (non-hydrogen) atoms. The Bertz CT molecular complexity index is 116. The largest absolute Gasteiger partial charge is 0.386 e. The van der Waals surface area contributed by atoms with Gasteiger partial charge in [-0.3, -0.25) is 0 Å². The second kappa shape index (κ2) is 1.81. The molecule has 1 heterocycles. The van der Waals surface area contributed by atoms with E-state index in [1.54, 1.807) is 0 Å². The first-order valence-electron chi connectivity index (χ1n) is 3.15. The molecule has 1 rings (SSSR count). The zero-order chi connectivity index (χ0) is 6.15. The third-order valence-electron chi connectivity index (χ3n) is 1.76. The van der Waals surface area contributed by atoms with Crippen LogP contribution in [0.3, 0.4) is 0 Å². The van der Waals surface area contributed by atoms with Gasteiger partial charge in [0.15, 0.2) is 0 Å². The van der Waals surface area contributed by atoms with Crippen molar-refractivity contribution in [2.75, 3.05) is 0 Å². The van der Waals surface area contributed by atoms with Crippen molar-refractivity contribution >= 4 is 0 Å². The van der Waals surface area contributed by atoms with E-state index in [1.165, 1.54) is 5.70 Å². The number of allylic oxidation sites excluding steroid dienone is 1. The average Bonchev–Trinajstić information content (AvgIpc) is 1.85. The summed E-state index contributed by atoms with van der Waals surface area (Å²) in [5, 5.41) is 3.33. The lowest BCUT2D eigenvalue weighted by Gasteiger charge is -2.08. The lowest BCUT2D eigenvalue weighted by Crippen LogP contribution is -2.22. The van der Waals surface area contributed by atoms with Crippen LogP contribution in [0, 0.1) is 5.92 Å². The lowest BCUT2D eigenvalue weighted by atomic mass is 10.1. The van der Waals surface area contributed by atoms with Crippen molar-refractivity contribution in [1.82, 2.24) is 5.32 Å². The Morgan fingerprint density at radius 1 is 1.50 bits per heavy atom. The molecule has 0 fully saturated rings. The van der Waals surface area contributed by atoms with E-state index in [0.717, 1.165) is 5.92 Å². The van der Waals surface area contributed by atoms with Gasteiger partial charge >= 0.3 is 0 Å². The number of hydrogen-bond donors (Lipinski definition) is 1. The molecule has 0 bridgehead atoms. The van der Waals surface area contributed by atoms with Crippen LogP contribution in [-0.4, -0.2) is 6.04 Å². The van der Waals surface area contributed by atoms with Crippen LogP contribution < -0.4 is 5.32 Å². The van der Waals surface area contributed by atoms with Crippen molar-refractivity contribution in [3.63, 3.8) is 0 Å². The van der Waals surface area contributed by atoms with Crippen LogP contribution in [0.2, 0.25) is 0 Å². The van der Waals surface area contributed by atoms with Gasteiger partial charge in [-0.25, -0.2) is 0 Å². The van der Waals surface area contributed by atoms with Gasteiger partial charge in [0.05, 0.1) is 0 Å². The quantitative estimate of drug-likeness (QED) is 0.499. The van der Waals surface area contributed by atoms with Gasteiger partial charge in [0.1, 0.15) is 0 Å². The van der Waals surface area contributed by atoms with Crippen LogP contribution in [-0.2, 0) is 0 Å². The smallest absolute Gasteiger partial charge is 0.0290 e. The van der Waals surface area contributed by atoms with Crippen molar-refractivity contribution < 1.29 is 0 Å². The van der Waals surface area contributed by atoms with Crippen LogP contribution in [0.1, 0.15) is 20.8 Å². The molecule has 0 spiro atoms. The Balaban J connectivity index is 2.56. The molecule has 46 valence electrons. The summed E-state index contributed by atoms with van der Waals surface area (Å²) in [4.78, 5) is 0. The minimum Gasteiger partial charge on any atom is -0.386 e. The van der Waals surface area contributed by atoms with Crippen LogP contribution in [0.4, 0.5) is 0 Å². The van der Waals surface area contributed by atoms with Crippen molar-refractivity contribution in [1.29, 1.82) is 0 Å². The highest BCUT2D eigenvalue weighted by Crippen LogP contribution is 2.14. The van der Waals surface area contributed by atoms with Crippen molar-refractivity contribution in [2.24, 2.45) is 5.92 Å². The summed E-state index contributed by atoms with van der Waals surface area (Å²) in [7, 11) is 0. The summed E-state index contributed by atoms with van der Waals surface area (Å²) in [6.45, 7) is 6.55. The van der Waals surface area contributed by atoms with Crippen LogP contribution in [0.15, 0.2) is 11.8 Å². The molecule has 0 radical (unpaired) electrons. The normalized spacial score (nSPS) is 36.6. The Kier molecular flexibility index (Phi) is 1.28. The Hall–Kier alpha value is -0.460. The number of nitrogens with one attached hydrogen (secondary N) is 1. The highest BCUT2D eigenvalue weighted by Gasteiger charge is 2.14. The SMILES string of the molecule is CC1=CC(C)C(C)N1. The fraction of sp³-hybridized carbons (Fsp3) is 0.714. The van der Waals surface area contributed by atoms with Crippen LogP contribution in [0.5, 0.6) is 0 Å². The third-order valence-corrected chi connectivity index (χ3v) is 1.76. The average molecular weight is 111 g/mol. The summed E-state index contributed by atoms with van der Waals surface area (Å²) < 4.78 is 0. The molecule has 0 aromatic rings. The van der Waals surface area contributed by atoms with Gasteiger partial charge in [0.2, 0.25) is 0 Å². The van der Waals surface area contributed by atoms with E-state index >= 15 is 0 Å². The highest BCUT2D eigenvalue weighted by molar-refractivity contribution is 5.08. The Morgan fingerprint density at radius 2 is 2.12 bits per heavy atom. The first-order chi connectivity index (χ1) is 3.70. The summed E-state index contributed by atoms with van der Waals surface area (Å²) in [6.07, 6.45) is 2.27. The van der Waals surface area contributed by atoms with Crippen molar-refractivity contribution in [2.45, 2.75) is 26.8 Å². The van der Waals surface area contributed by atoms with Gasteiger partial charge in [-0.05, 0) is 19.8 Å². The maximum absolute atomic E-state index is 3.33. The van der Waals surface area contributed by atoms with Gasteiger partial charge in [0.25, 0.3) is 0 Å². The Labute approximate surface area is 50.8 Å². The molecule has 2 unspecified atom stereocenters. The number of rotatable bonds is 0. The maximum atomic E-state index is 3.33. The first kappa shape index (κ1) is 5.67. The van der Waals surface area contributed by atoms with Gasteiger partial charge in [-0.1, -0.05) is 13.0 Å². The second-order valence-corrected chi connectivity index (χ2v) is 2.64. The molecule has 2 atom stereocenters. The van der Waals surface area contributed by atoms with Crippen molar-refractivity contribution in [3.8, 4) is 0 Å². The maximum Gasteiger partial charge on any atom is 0.0290 e. The summed E-state index contributed by atoms with van der Waals surface area (Å²) in [5.74, 6) is 0.718. The van der Waals surface area contributed by atoms with E-state index in [2.05, 4.69) is 32.2 Å². The second-order valence-electron chi connectivity index (χ2n) is 2.64. The van der Waals surface area contributed by atoms with E-state index in [0.29, 0.717) is 6.04 Å². The fourth-order valence-electron chi connectivity index (χ4n) is 1.08. The summed E-state index contributed by atoms with van der Waals surface area (Å²) in [6, 6.07) is 0.648. The molecular formula is C7H13N. The molecular weight excluding hydrogens is 98.1 g/mol. The monoisotopic (exact) mass is 111 g/mol. The Morgan fingerprint density at radius 3 is 2.25 bits per heavy atom. The van der Waals surface area contributed by atoms with E-state index in [-0.39, 0.29) is 0 Å². The predicted molar refractivity (Wildman–Crippen MR) is 35.5 cm³/mol. The number of hydrogen-bond acceptors (Lipinski definition) is 1. The van der Waals surface area contributed by atoms with Crippen molar-refractivity contribution in [3.05, 3.63) is 11.8 Å².